The monoisotopic (exact) mass is 238 g/mol. The lowest BCUT2D eigenvalue weighted by Gasteiger charge is -2.28. The summed E-state index contributed by atoms with van der Waals surface area (Å²) in [5, 5.41) is 3.72. The maximum atomic E-state index is 3.72. The van der Waals surface area contributed by atoms with E-state index < -0.39 is 0 Å². The molecule has 0 spiro atoms. The van der Waals surface area contributed by atoms with E-state index in [1.54, 1.807) is 0 Å². The standard InChI is InChI=1S/C15H30N2/c1-15(2,3)13-8-10-17(11-13)12-14-7-5-4-6-9-16-14/h13-14,16H,4-12H2,1-3H3. The average molecular weight is 238 g/mol. The van der Waals surface area contributed by atoms with E-state index in [0.29, 0.717) is 5.41 Å². The summed E-state index contributed by atoms with van der Waals surface area (Å²) in [6.07, 6.45) is 7.01. The largest absolute Gasteiger partial charge is 0.313 e. The van der Waals surface area contributed by atoms with E-state index in [0.717, 1.165) is 12.0 Å². The Kier molecular flexibility index (Phi) is 4.48. The summed E-state index contributed by atoms with van der Waals surface area (Å²) < 4.78 is 0. The molecule has 100 valence electrons. The van der Waals surface area contributed by atoms with Gasteiger partial charge in [-0.2, -0.15) is 0 Å². The van der Waals surface area contributed by atoms with Gasteiger partial charge >= 0.3 is 0 Å². The SMILES string of the molecule is CC(C)(C)C1CCN(CC2CCCCCN2)C1. The summed E-state index contributed by atoms with van der Waals surface area (Å²) in [4.78, 5) is 2.69. The van der Waals surface area contributed by atoms with Crippen molar-refractivity contribution in [3.05, 3.63) is 0 Å². The van der Waals surface area contributed by atoms with Gasteiger partial charge in [0.15, 0.2) is 0 Å². The van der Waals surface area contributed by atoms with Crippen molar-refractivity contribution in [1.82, 2.24) is 10.2 Å². The smallest absolute Gasteiger partial charge is 0.0195 e. The molecular weight excluding hydrogens is 208 g/mol. The van der Waals surface area contributed by atoms with E-state index >= 15 is 0 Å². The van der Waals surface area contributed by atoms with Gasteiger partial charge in [-0.1, -0.05) is 33.6 Å². The average Bonchev–Trinajstić information content (AvgIpc) is 2.56. The lowest BCUT2D eigenvalue weighted by molar-refractivity contribution is 0.218. The van der Waals surface area contributed by atoms with Crippen LogP contribution in [0.5, 0.6) is 0 Å². The van der Waals surface area contributed by atoms with Crippen LogP contribution < -0.4 is 5.32 Å². The van der Waals surface area contributed by atoms with E-state index in [1.165, 1.54) is 58.3 Å². The van der Waals surface area contributed by atoms with Gasteiger partial charge in [-0.25, -0.2) is 0 Å². The highest BCUT2D eigenvalue weighted by atomic mass is 15.2. The molecule has 2 heterocycles. The second kappa shape index (κ2) is 5.71. The molecule has 0 aliphatic carbocycles. The lowest BCUT2D eigenvalue weighted by Crippen LogP contribution is -2.40. The Morgan fingerprint density at radius 3 is 2.65 bits per heavy atom. The molecule has 0 aromatic heterocycles. The van der Waals surface area contributed by atoms with Crippen molar-refractivity contribution in [2.75, 3.05) is 26.2 Å². The normalized spacial score (nSPS) is 32.6. The van der Waals surface area contributed by atoms with Crippen LogP contribution in [0.4, 0.5) is 0 Å². The van der Waals surface area contributed by atoms with Crippen LogP contribution in [0.3, 0.4) is 0 Å². The maximum Gasteiger partial charge on any atom is 0.0195 e. The van der Waals surface area contributed by atoms with Crippen molar-refractivity contribution in [2.24, 2.45) is 11.3 Å². The van der Waals surface area contributed by atoms with Crippen molar-refractivity contribution in [2.45, 2.75) is 58.9 Å². The molecule has 1 N–H and O–H groups in total. The van der Waals surface area contributed by atoms with Gasteiger partial charge < -0.3 is 10.2 Å². The predicted octanol–water partition coefficient (Wildman–Crippen LogP) is 2.89. The molecule has 2 unspecified atom stereocenters. The molecule has 2 heteroatoms. The number of likely N-dealkylation sites (tertiary alicyclic amines) is 1. The van der Waals surface area contributed by atoms with E-state index in [2.05, 4.69) is 31.0 Å². The summed E-state index contributed by atoms with van der Waals surface area (Å²) in [5.74, 6) is 0.897. The first-order valence-corrected chi connectivity index (χ1v) is 7.51. The van der Waals surface area contributed by atoms with Gasteiger partial charge in [0, 0.05) is 19.1 Å². The first-order chi connectivity index (χ1) is 8.05. The third-order valence-corrected chi connectivity index (χ3v) is 4.64. The molecule has 2 nitrogen and oxygen atoms in total. The number of rotatable bonds is 2. The van der Waals surface area contributed by atoms with E-state index in [4.69, 9.17) is 0 Å². The Balaban J connectivity index is 1.77. The van der Waals surface area contributed by atoms with Gasteiger partial charge in [0.1, 0.15) is 0 Å². The Hall–Kier alpha value is -0.0800. The second-order valence-electron chi connectivity index (χ2n) is 7.11. The van der Waals surface area contributed by atoms with Crippen molar-refractivity contribution >= 4 is 0 Å². The van der Waals surface area contributed by atoms with Crippen LogP contribution in [-0.4, -0.2) is 37.1 Å². The van der Waals surface area contributed by atoms with Crippen LogP contribution in [0.1, 0.15) is 52.9 Å². The van der Waals surface area contributed by atoms with Crippen molar-refractivity contribution < 1.29 is 0 Å². The first-order valence-electron chi connectivity index (χ1n) is 7.51. The molecule has 2 rings (SSSR count). The minimum atomic E-state index is 0.492. The van der Waals surface area contributed by atoms with Crippen LogP contribution in [0.25, 0.3) is 0 Å². The second-order valence-corrected chi connectivity index (χ2v) is 7.11. The molecule has 2 atom stereocenters. The van der Waals surface area contributed by atoms with Gasteiger partial charge in [0.25, 0.3) is 0 Å². The Bertz CT molecular complexity index is 224. The molecule has 2 saturated heterocycles. The highest BCUT2D eigenvalue weighted by Crippen LogP contribution is 2.33. The summed E-state index contributed by atoms with van der Waals surface area (Å²) in [7, 11) is 0. The van der Waals surface area contributed by atoms with E-state index in [1.807, 2.05) is 0 Å². The van der Waals surface area contributed by atoms with Crippen LogP contribution in [0, 0.1) is 11.3 Å². The molecule has 17 heavy (non-hydrogen) atoms. The fourth-order valence-electron chi connectivity index (χ4n) is 3.27. The zero-order valence-corrected chi connectivity index (χ0v) is 12.0. The van der Waals surface area contributed by atoms with Crippen molar-refractivity contribution in [3.8, 4) is 0 Å². The quantitative estimate of drug-likeness (QED) is 0.796. The molecule has 0 aromatic carbocycles. The van der Waals surface area contributed by atoms with Gasteiger partial charge in [0.2, 0.25) is 0 Å². The summed E-state index contributed by atoms with van der Waals surface area (Å²) in [6.45, 7) is 12.3. The minimum Gasteiger partial charge on any atom is -0.313 e. The van der Waals surface area contributed by atoms with Gasteiger partial charge in [-0.05, 0) is 43.7 Å². The molecule has 0 amide bonds. The Labute approximate surface area is 107 Å². The van der Waals surface area contributed by atoms with Crippen molar-refractivity contribution in [3.63, 3.8) is 0 Å². The first kappa shape index (κ1) is 13.4. The fraction of sp³-hybridized carbons (Fsp3) is 1.00. The molecular formula is C15H30N2. The summed E-state index contributed by atoms with van der Waals surface area (Å²) >= 11 is 0. The van der Waals surface area contributed by atoms with Gasteiger partial charge in [0.05, 0.1) is 0 Å². The fourth-order valence-corrected chi connectivity index (χ4v) is 3.27. The summed E-state index contributed by atoms with van der Waals surface area (Å²) in [5.41, 5.74) is 0.492. The van der Waals surface area contributed by atoms with Crippen molar-refractivity contribution in [1.29, 1.82) is 0 Å². The predicted molar refractivity (Wildman–Crippen MR) is 74.3 cm³/mol. The third-order valence-electron chi connectivity index (χ3n) is 4.64. The Morgan fingerprint density at radius 2 is 1.94 bits per heavy atom. The number of hydrogen-bond acceptors (Lipinski definition) is 2. The highest BCUT2D eigenvalue weighted by Gasteiger charge is 2.32. The van der Waals surface area contributed by atoms with E-state index in [9.17, 15) is 0 Å². The van der Waals surface area contributed by atoms with Crippen LogP contribution >= 0.6 is 0 Å². The number of nitrogens with zero attached hydrogens (tertiary/aromatic N) is 1. The molecule has 2 aliphatic heterocycles. The molecule has 0 aromatic rings. The molecule has 2 aliphatic rings. The zero-order chi connectivity index (χ0) is 12.3. The minimum absolute atomic E-state index is 0.492. The van der Waals surface area contributed by atoms with E-state index in [-0.39, 0.29) is 0 Å². The van der Waals surface area contributed by atoms with Crippen LogP contribution in [-0.2, 0) is 0 Å². The van der Waals surface area contributed by atoms with Gasteiger partial charge in [-0.3, -0.25) is 0 Å². The molecule has 2 fully saturated rings. The summed E-state index contributed by atoms with van der Waals surface area (Å²) in [6, 6.07) is 0.760. The molecule has 0 radical (unpaired) electrons. The Morgan fingerprint density at radius 1 is 1.12 bits per heavy atom. The number of nitrogens with one attached hydrogen (secondary N) is 1. The molecule has 0 saturated carbocycles. The third kappa shape index (κ3) is 3.96. The molecule has 0 bridgehead atoms. The topological polar surface area (TPSA) is 15.3 Å². The lowest BCUT2D eigenvalue weighted by atomic mass is 9.80. The van der Waals surface area contributed by atoms with Gasteiger partial charge in [-0.15, -0.1) is 0 Å². The van der Waals surface area contributed by atoms with Crippen LogP contribution in [0.2, 0.25) is 0 Å². The maximum absolute atomic E-state index is 3.72. The van der Waals surface area contributed by atoms with Crippen LogP contribution in [0.15, 0.2) is 0 Å². The zero-order valence-electron chi connectivity index (χ0n) is 12.0. The highest BCUT2D eigenvalue weighted by molar-refractivity contribution is 4.86. The number of hydrogen-bond donors (Lipinski definition) is 1.